The first-order valence-corrected chi connectivity index (χ1v) is 7.08. The van der Waals surface area contributed by atoms with Crippen molar-refractivity contribution in [2.45, 2.75) is 12.2 Å². The Bertz CT molecular complexity index is 646. The van der Waals surface area contributed by atoms with E-state index in [9.17, 15) is 13.2 Å². The van der Waals surface area contributed by atoms with Crippen LogP contribution in [0.3, 0.4) is 0 Å². The molecule has 7 heteroatoms. The maximum atomic E-state index is 12.8. The Balaban J connectivity index is 2.47. The summed E-state index contributed by atoms with van der Waals surface area (Å²) in [5.74, 6) is 5.52. The van der Waals surface area contributed by atoms with Crippen LogP contribution in [0.2, 0.25) is 5.02 Å². The van der Waals surface area contributed by atoms with Gasteiger partial charge < -0.3 is 0 Å². The minimum Gasteiger partial charge on any atom is -0.271 e. The zero-order valence-corrected chi connectivity index (χ0v) is 12.9. The zero-order valence-electron chi connectivity index (χ0n) is 10.6. The number of hydrogen-bond donors (Lipinski definition) is 2. The van der Waals surface area contributed by atoms with Gasteiger partial charge in [-0.2, -0.15) is 13.2 Å². The van der Waals surface area contributed by atoms with E-state index in [0.29, 0.717) is 20.6 Å². The SMILES string of the molecule is NNC(c1cccc(C(F)(F)F)c1)c1ccc(Cl)cc1Br. The average Bonchev–Trinajstić information content (AvgIpc) is 2.41. The van der Waals surface area contributed by atoms with Crippen LogP contribution >= 0.6 is 27.5 Å². The van der Waals surface area contributed by atoms with E-state index in [1.54, 1.807) is 24.3 Å². The van der Waals surface area contributed by atoms with Gasteiger partial charge in [0.05, 0.1) is 11.6 Å². The number of benzene rings is 2. The minimum atomic E-state index is -4.40. The molecule has 0 amide bonds. The molecule has 0 fully saturated rings. The van der Waals surface area contributed by atoms with Gasteiger partial charge in [0.25, 0.3) is 0 Å². The van der Waals surface area contributed by atoms with E-state index in [0.717, 1.165) is 12.1 Å². The highest BCUT2D eigenvalue weighted by molar-refractivity contribution is 9.10. The molecular formula is C14H11BrClF3N2. The van der Waals surface area contributed by atoms with Crippen molar-refractivity contribution in [2.24, 2.45) is 5.84 Å². The molecule has 0 spiro atoms. The van der Waals surface area contributed by atoms with Crippen LogP contribution in [-0.4, -0.2) is 0 Å². The van der Waals surface area contributed by atoms with Gasteiger partial charge in [-0.25, -0.2) is 5.43 Å². The lowest BCUT2D eigenvalue weighted by Crippen LogP contribution is -2.29. The van der Waals surface area contributed by atoms with Crippen molar-refractivity contribution < 1.29 is 13.2 Å². The third-order valence-electron chi connectivity index (χ3n) is 2.99. The van der Waals surface area contributed by atoms with Gasteiger partial charge in [-0.05, 0) is 35.4 Å². The molecule has 1 unspecified atom stereocenters. The van der Waals surface area contributed by atoms with E-state index in [4.69, 9.17) is 17.4 Å². The zero-order chi connectivity index (χ0) is 15.6. The maximum Gasteiger partial charge on any atom is 0.416 e. The van der Waals surface area contributed by atoms with Crippen molar-refractivity contribution in [1.82, 2.24) is 5.43 Å². The molecule has 0 aromatic heterocycles. The predicted molar refractivity (Wildman–Crippen MR) is 79.8 cm³/mol. The van der Waals surface area contributed by atoms with Crippen LogP contribution in [0.15, 0.2) is 46.9 Å². The Morgan fingerprint density at radius 3 is 2.43 bits per heavy atom. The molecule has 0 saturated carbocycles. The summed E-state index contributed by atoms with van der Waals surface area (Å²) in [6.07, 6.45) is -4.40. The van der Waals surface area contributed by atoms with Gasteiger partial charge in [0.1, 0.15) is 0 Å². The Morgan fingerprint density at radius 1 is 1.14 bits per heavy atom. The lowest BCUT2D eigenvalue weighted by Gasteiger charge is -2.20. The largest absolute Gasteiger partial charge is 0.416 e. The first kappa shape index (κ1) is 16.3. The van der Waals surface area contributed by atoms with Crippen LogP contribution in [0.25, 0.3) is 0 Å². The molecule has 2 rings (SSSR count). The Hall–Kier alpha value is -1.08. The molecular weight excluding hydrogens is 369 g/mol. The second kappa shape index (κ2) is 6.36. The summed E-state index contributed by atoms with van der Waals surface area (Å²) in [5, 5.41) is 0.519. The molecule has 3 N–H and O–H groups in total. The summed E-state index contributed by atoms with van der Waals surface area (Å²) >= 11 is 9.21. The Morgan fingerprint density at radius 2 is 1.86 bits per heavy atom. The Labute approximate surface area is 133 Å². The van der Waals surface area contributed by atoms with E-state index in [1.807, 2.05) is 0 Å². The highest BCUT2D eigenvalue weighted by Crippen LogP contribution is 2.34. The summed E-state index contributed by atoms with van der Waals surface area (Å²) in [6, 6.07) is 9.47. The van der Waals surface area contributed by atoms with Gasteiger partial charge >= 0.3 is 6.18 Å². The van der Waals surface area contributed by atoms with Crippen LogP contribution in [0.1, 0.15) is 22.7 Å². The van der Waals surface area contributed by atoms with Crippen molar-refractivity contribution in [1.29, 1.82) is 0 Å². The van der Waals surface area contributed by atoms with Crippen molar-refractivity contribution in [2.75, 3.05) is 0 Å². The molecule has 0 radical (unpaired) electrons. The number of hydrazine groups is 1. The molecule has 112 valence electrons. The molecule has 0 aliphatic heterocycles. The summed E-state index contributed by atoms with van der Waals surface area (Å²) in [6.45, 7) is 0. The molecule has 0 saturated heterocycles. The summed E-state index contributed by atoms with van der Waals surface area (Å²) < 4.78 is 39.0. The van der Waals surface area contributed by atoms with Crippen molar-refractivity contribution in [3.8, 4) is 0 Å². The van der Waals surface area contributed by atoms with Gasteiger partial charge in [0.15, 0.2) is 0 Å². The summed E-state index contributed by atoms with van der Waals surface area (Å²) in [4.78, 5) is 0. The molecule has 21 heavy (non-hydrogen) atoms. The third-order valence-corrected chi connectivity index (χ3v) is 3.91. The maximum absolute atomic E-state index is 12.8. The van der Waals surface area contributed by atoms with E-state index in [-0.39, 0.29) is 0 Å². The first-order valence-electron chi connectivity index (χ1n) is 5.91. The predicted octanol–water partition coefficient (Wildman–Crippen LogP) is 4.67. The molecule has 0 aliphatic rings. The molecule has 2 aromatic carbocycles. The van der Waals surface area contributed by atoms with E-state index < -0.39 is 17.8 Å². The number of nitrogens with one attached hydrogen (secondary N) is 1. The molecule has 0 heterocycles. The van der Waals surface area contributed by atoms with Crippen molar-refractivity contribution in [3.05, 3.63) is 68.7 Å². The third kappa shape index (κ3) is 3.77. The quantitative estimate of drug-likeness (QED) is 0.600. The summed E-state index contributed by atoms with van der Waals surface area (Å²) in [7, 11) is 0. The number of rotatable bonds is 3. The molecule has 2 nitrogen and oxygen atoms in total. The van der Waals surface area contributed by atoms with Gasteiger partial charge in [-0.3, -0.25) is 5.84 Å². The van der Waals surface area contributed by atoms with Gasteiger partial charge in [0.2, 0.25) is 0 Å². The lowest BCUT2D eigenvalue weighted by atomic mass is 9.97. The van der Waals surface area contributed by atoms with Gasteiger partial charge in [-0.1, -0.05) is 45.7 Å². The Kier molecular flexibility index (Phi) is 4.93. The fraction of sp³-hybridized carbons (Fsp3) is 0.143. The number of alkyl halides is 3. The van der Waals surface area contributed by atoms with E-state index in [1.165, 1.54) is 6.07 Å². The van der Waals surface area contributed by atoms with Crippen molar-refractivity contribution in [3.63, 3.8) is 0 Å². The minimum absolute atomic E-state index is 0.412. The number of halogens is 5. The standard InChI is InChI=1S/C14H11BrClF3N2/c15-12-7-10(16)4-5-11(12)13(21-20)8-2-1-3-9(6-8)14(17,18)19/h1-7,13,21H,20H2. The van der Waals surface area contributed by atoms with Gasteiger partial charge in [-0.15, -0.1) is 0 Å². The highest BCUT2D eigenvalue weighted by Gasteiger charge is 2.31. The average molecular weight is 380 g/mol. The van der Waals surface area contributed by atoms with Crippen LogP contribution in [0.4, 0.5) is 13.2 Å². The number of nitrogens with two attached hydrogens (primary N) is 1. The number of hydrogen-bond acceptors (Lipinski definition) is 2. The van der Waals surface area contributed by atoms with E-state index in [2.05, 4.69) is 21.4 Å². The first-order chi connectivity index (χ1) is 9.82. The second-order valence-corrected chi connectivity index (χ2v) is 5.68. The van der Waals surface area contributed by atoms with Gasteiger partial charge in [0, 0.05) is 9.50 Å². The molecule has 0 bridgehead atoms. The second-order valence-electron chi connectivity index (χ2n) is 4.39. The topological polar surface area (TPSA) is 38.0 Å². The smallest absolute Gasteiger partial charge is 0.271 e. The normalized spacial score (nSPS) is 13.2. The van der Waals surface area contributed by atoms with Crippen LogP contribution in [-0.2, 0) is 6.18 Å². The summed E-state index contributed by atoms with van der Waals surface area (Å²) in [5.41, 5.74) is 2.92. The molecule has 0 aliphatic carbocycles. The lowest BCUT2D eigenvalue weighted by molar-refractivity contribution is -0.137. The monoisotopic (exact) mass is 378 g/mol. The van der Waals surface area contributed by atoms with Crippen LogP contribution in [0.5, 0.6) is 0 Å². The van der Waals surface area contributed by atoms with Crippen LogP contribution in [0, 0.1) is 0 Å². The van der Waals surface area contributed by atoms with Crippen LogP contribution < -0.4 is 11.3 Å². The highest BCUT2D eigenvalue weighted by atomic mass is 79.9. The molecule has 2 aromatic rings. The van der Waals surface area contributed by atoms with E-state index >= 15 is 0 Å². The fourth-order valence-electron chi connectivity index (χ4n) is 2.00. The van der Waals surface area contributed by atoms with Crippen molar-refractivity contribution >= 4 is 27.5 Å². The molecule has 1 atom stereocenters. The fourth-order valence-corrected chi connectivity index (χ4v) is 2.91.